The van der Waals surface area contributed by atoms with E-state index in [0.29, 0.717) is 12.4 Å². The summed E-state index contributed by atoms with van der Waals surface area (Å²) in [5.41, 5.74) is 3.03. The number of anilines is 2. The van der Waals surface area contributed by atoms with Crippen LogP contribution in [0.25, 0.3) is 0 Å². The molecule has 6 heteroatoms. The first-order valence-corrected chi connectivity index (χ1v) is 7.22. The molecule has 0 saturated heterocycles. The van der Waals surface area contributed by atoms with Gasteiger partial charge in [0.1, 0.15) is 18.0 Å². The average molecular weight is 279 g/mol. The second-order valence-electron chi connectivity index (χ2n) is 6.05. The normalized spacial score (nSPS) is 17.5. The minimum atomic E-state index is -0.593. The number of aromatic nitrogens is 2. The molecule has 1 aromatic heterocycles. The van der Waals surface area contributed by atoms with Crippen LogP contribution in [0.3, 0.4) is 0 Å². The van der Waals surface area contributed by atoms with Crippen LogP contribution in [0.5, 0.6) is 0 Å². The molecule has 0 bridgehead atoms. The zero-order chi connectivity index (χ0) is 14.8. The third kappa shape index (κ3) is 3.02. The minimum Gasteiger partial charge on any atom is -0.388 e. The third-order valence-corrected chi connectivity index (χ3v) is 4.00. The summed E-state index contributed by atoms with van der Waals surface area (Å²) in [5, 5.41) is 10.6. The fraction of sp³-hybridized carbons (Fsp3) is 0.714. The van der Waals surface area contributed by atoms with E-state index in [2.05, 4.69) is 29.2 Å². The van der Waals surface area contributed by atoms with E-state index in [0.717, 1.165) is 37.1 Å². The molecule has 6 nitrogen and oxygen atoms in total. The number of nitrogens with two attached hydrogens (primary N) is 1. The van der Waals surface area contributed by atoms with Crippen molar-refractivity contribution in [3.05, 3.63) is 11.9 Å². The van der Waals surface area contributed by atoms with Crippen LogP contribution in [0.2, 0.25) is 0 Å². The first-order valence-electron chi connectivity index (χ1n) is 7.22. The Kier molecular flexibility index (Phi) is 4.45. The van der Waals surface area contributed by atoms with Gasteiger partial charge in [-0.2, -0.15) is 0 Å². The molecule has 1 fully saturated rings. The molecule has 0 aromatic carbocycles. The van der Waals surface area contributed by atoms with Crippen molar-refractivity contribution in [2.24, 2.45) is 5.84 Å². The van der Waals surface area contributed by atoms with Crippen molar-refractivity contribution in [2.75, 3.05) is 23.9 Å². The third-order valence-electron chi connectivity index (χ3n) is 4.00. The van der Waals surface area contributed by atoms with Gasteiger partial charge in [-0.15, -0.1) is 0 Å². The predicted octanol–water partition coefficient (Wildman–Crippen LogP) is 1.63. The SMILES string of the molecule is CC(C)c1c(NN)ncnc1N(C)CC1(O)CCCC1. The van der Waals surface area contributed by atoms with Gasteiger partial charge in [-0.05, 0) is 18.8 Å². The number of hydrogen-bond donors (Lipinski definition) is 3. The maximum Gasteiger partial charge on any atom is 0.148 e. The van der Waals surface area contributed by atoms with Gasteiger partial charge >= 0.3 is 0 Å². The Balaban J connectivity index is 2.27. The molecule has 1 heterocycles. The smallest absolute Gasteiger partial charge is 0.148 e. The Morgan fingerprint density at radius 2 is 2.05 bits per heavy atom. The van der Waals surface area contributed by atoms with Crippen LogP contribution < -0.4 is 16.2 Å². The Labute approximate surface area is 120 Å². The molecule has 0 aliphatic heterocycles. The lowest BCUT2D eigenvalue weighted by molar-refractivity contribution is 0.0557. The lowest BCUT2D eigenvalue weighted by Crippen LogP contribution is -2.40. The molecule has 20 heavy (non-hydrogen) atoms. The predicted molar refractivity (Wildman–Crippen MR) is 80.6 cm³/mol. The molecular formula is C14H25N5O. The lowest BCUT2D eigenvalue weighted by Gasteiger charge is -2.31. The number of hydrogen-bond acceptors (Lipinski definition) is 6. The zero-order valence-electron chi connectivity index (χ0n) is 12.6. The van der Waals surface area contributed by atoms with Crippen LogP contribution in [0.1, 0.15) is 51.0 Å². The van der Waals surface area contributed by atoms with Gasteiger partial charge in [0, 0.05) is 19.2 Å². The van der Waals surface area contributed by atoms with Crippen molar-refractivity contribution < 1.29 is 5.11 Å². The van der Waals surface area contributed by atoms with E-state index in [9.17, 15) is 5.11 Å². The van der Waals surface area contributed by atoms with Crippen molar-refractivity contribution in [3.8, 4) is 0 Å². The molecular weight excluding hydrogens is 254 g/mol. The zero-order valence-corrected chi connectivity index (χ0v) is 12.6. The molecule has 0 amide bonds. The molecule has 1 saturated carbocycles. The Morgan fingerprint density at radius 1 is 1.40 bits per heavy atom. The lowest BCUT2D eigenvalue weighted by atomic mass is 10.0. The van der Waals surface area contributed by atoms with Crippen molar-refractivity contribution in [1.29, 1.82) is 0 Å². The minimum absolute atomic E-state index is 0.248. The molecule has 0 unspecified atom stereocenters. The first kappa shape index (κ1) is 15.0. The van der Waals surface area contributed by atoms with Crippen LogP contribution in [0.4, 0.5) is 11.6 Å². The second-order valence-corrected chi connectivity index (χ2v) is 6.05. The number of rotatable bonds is 5. The Hall–Kier alpha value is -1.40. The molecule has 0 atom stereocenters. The fourth-order valence-corrected chi connectivity index (χ4v) is 3.04. The van der Waals surface area contributed by atoms with Crippen molar-refractivity contribution in [1.82, 2.24) is 9.97 Å². The van der Waals surface area contributed by atoms with Gasteiger partial charge in [-0.3, -0.25) is 0 Å². The van der Waals surface area contributed by atoms with Gasteiger partial charge in [0.25, 0.3) is 0 Å². The van der Waals surface area contributed by atoms with Crippen LogP contribution in [0.15, 0.2) is 6.33 Å². The highest BCUT2D eigenvalue weighted by Gasteiger charge is 2.33. The van der Waals surface area contributed by atoms with Gasteiger partial charge in [-0.1, -0.05) is 26.7 Å². The molecule has 1 aliphatic carbocycles. The van der Waals surface area contributed by atoms with Gasteiger partial charge in [0.2, 0.25) is 0 Å². The van der Waals surface area contributed by atoms with Crippen molar-refractivity contribution in [2.45, 2.75) is 51.0 Å². The summed E-state index contributed by atoms with van der Waals surface area (Å²) in [6, 6.07) is 0. The van der Waals surface area contributed by atoms with Crippen molar-refractivity contribution in [3.63, 3.8) is 0 Å². The molecule has 4 N–H and O–H groups in total. The fourth-order valence-electron chi connectivity index (χ4n) is 3.04. The molecule has 1 aromatic rings. The van der Waals surface area contributed by atoms with Crippen LogP contribution in [-0.2, 0) is 0 Å². The number of nitrogens with one attached hydrogen (secondary N) is 1. The molecule has 2 rings (SSSR count). The summed E-state index contributed by atoms with van der Waals surface area (Å²) in [6.07, 6.45) is 5.43. The summed E-state index contributed by atoms with van der Waals surface area (Å²) >= 11 is 0. The summed E-state index contributed by atoms with van der Waals surface area (Å²) in [6.45, 7) is 4.76. The van der Waals surface area contributed by atoms with Gasteiger partial charge in [0.15, 0.2) is 0 Å². The van der Waals surface area contributed by atoms with Gasteiger partial charge < -0.3 is 15.4 Å². The molecule has 1 aliphatic rings. The average Bonchev–Trinajstić information content (AvgIpc) is 2.83. The number of aliphatic hydroxyl groups is 1. The van der Waals surface area contributed by atoms with Crippen LogP contribution in [-0.4, -0.2) is 34.3 Å². The summed E-state index contributed by atoms with van der Waals surface area (Å²) < 4.78 is 0. The standard InChI is InChI=1S/C14H25N5O/c1-10(2)11-12(18-15)16-9-17-13(11)19(3)8-14(20)6-4-5-7-14/h9-10,20H,4-8,15H2,1-3H3,(H,16,17,18). The number of hydrazine groups is 1. The first-order chi connectivity index (χ1) is 9.47. The Bertz CT molecular complexity index is 457. The summed E-state index contributed by atoms with van der Waals surface area (Å²) in [7, 11) is 1.96. The van der Waals surface area contributed by atoms with Gasteiger partial charge in [0.05, 0.1) is 5.60 Å². The highest BCUT2D eigenvalue weighted by atomic mass is 16.3. The Morgan fingerprint density at radius 3 is 2.60 bits per heavy atom. The highest BCUT2D eigenvalue weighted by molar-refractivity contribution is 5.59. The molecule has 112 valence electrons. The number of likely N-dealkylation sites (N-methyl/N-ethyl adjacent to an activating group) is 1. The maximum atomic E-state index is 10.6. The van der Waals surface area contributed by atoms with E-state index >= 15 is 0 Å². The van der Waals surface area contributed by atoms with E-state index in [-0.39, 0.29) is 5.92 Å². The van der Waals surface area contributed by atoms with Crippen LogP contribution >= 0.6 is 0 Å². The quantitative estimate of drug-likeness (QED) is 0.561. The van der Waals surface area contributed by atoms with Crippen LogP contribution in [0, 0.1) is 0 Å². The topological polar surface area (TPSA) is 87.3 Å². The van der Waals surface area contributed by atoms with Crippen molar-refractivity contribution >= 4 is 11.6 Å². The van der Waals surface area contributed by atoms with E-state index in [1.54, 1.807) is 0 Å². The van der Waals surface area contributed by atoms with Gasteiger partial charge in [-0.25, -0.2) is 15.8 Å². The van der Waals surface area contributed by atoms with E-state index in [4.69, 9.17) is 5.84 Å². The highest BCUT2D eigenvalue weighted by Crippen LogP contribution is 2.34. The monoisotopic (exact) mass is 279 g/mol. The largest absolute Gasteiger partial charge is 0.388 e. The summed E-state index contributed by atoms with van der Waals surface area (Å²) in [4.78, 5) is 10.6. The van der Waals surface area contributed by atoms with E-state index in [1.165, 1.54) is 6.33 Å². The summed E-state index contributed by atoms with van der Waals surface area (Å²) in [5.74, 6) is 7.27. The van der Waals surface area contributed by atoms with E-state index in [1.807, 2.05) is 11.9 Å². The van der Waals surface area contributed by atoms with E-state index < -0.39 is 5.60 Å². The molecule has 0 spiro atoms. The number of nitrogen functional groups attached to an aromatic ring is 1. The maximum absolute atomic E-state index is 10.6. The second kappa shape index (κ2) is 5.93. The number of nitrogens with zero attached hydrogens (tertiary/aromatic N) is 3. The molecule has 0 radical (unpaired) electrons.